The Morgan fingerprint density at radius 2 is 2.29 bits per heavy atom. The number of hydrogen-bond acceptors (Lipinski definition) is 4. The summed E-state index contributed by atoms with van der Waals surface area (Å²) >= 11 is 0. The lowest BCUT2D eigenvalue weighted by molar-refractivity contribution is -0.121. The Morgan fingerprint density at radius 3 is 2.90 bits per heavy atom. The third-order valence-electron chi connectivity index (χ3n) is 2.80. The van der Waals surface area contributed by atoms with Gasteiger partial charge in [0.05, 0.1) is 13.2 Å². The van der Waals surface area contributed by atoms with E-state index in [2.05, 4.69) is 11.9 Å². The van der Waals surface area contributed by atoms with Gasteiger partial charge in [0.25, 0.3) is 0 Å². The number of nitrogens with zero attached hydrogens (tertiary/aromatic N) is 1. The molecule has 0 spiro atoms. The maximum atomic E-state index is 11.6. The first-order valence-corrected chi connectivity index (χ1v) is 6.70. The van der Waals surface area contributed by atoms with Crippen molar-refractivity contribution < 1.29 is 14.3 Å². The molecule has 5 nitrogen and oxygen atoms in total. The lowest BCUT2D eigenvalue weighted by Crippen LogP contribution is -2.31. The Labute approximate surface area is 125 Å². The van der Waals surface area contributed by atoms with Crippen LogP contribution in [0.3, 0.4) is 0 Å². The van der Waals surface area contributed by atoms with Crippen molar-refractivity contribution in [2.24, 2.45) is 0 Å². The predicted molar refractivity (Wildman–Crippen MR) is 80.2 cm³/mol. The second-order valence-corrected chi connectivity index (χ2v) is 4.50. The maximum Gasteiger partial charge on any atom is 0.221 e. The number of methoxy groups -OCH3 is 1. The summed E-state index contributed by atoms with van der Waals surface area (Å²) in [6, 6.07) is 7.04. The van der Waals surface area contributed by atoms with Crippen molar-refractivity contribution in [1.29, 1.82) is 5.26 Å². The highest BCUT2D eigenvalue weighted by molar-refractivity contribution is 5.76. The zero-order valence-electron chi connectivity index (χ0n) is 12.4. The molecule has 5 heteroatoms. The molecular weight excluding hydrogens is 268 g/mol. The van der Waals surface area contributed by atoms with Crippen molar-refractivity contribution in [3.63, 3.8) is 0 Å². The van der Waals surface area contributed by atoms with E-state index >= 15 is 0 Å². The SMILES string of the molecule is C=CCOc1ccc(CCC(=O)NC(C)C#N)cc1OC. The first kappa shape index (κ1) is 16.6. The van der Waals surface area contributed by atoms with Gasteiger partial charge >= 0.3 is 0 Å². The van der Waals surface area contributed by atoms with Gasteiger partial charge in [-0.15, -0.1) is 0 Å². The third kappa shape index (κ3) is 5.57. The molecule has 0 fully saturated rings. The molecule has 1 N–H and O–H groups in total. The van der Waals surface area contributed by atoms with Gasteiger partial charge < -0.3 is 14.8 Å². The Kier molecular flexibility index (Phi) is 6.82. The number of amides is 1. The molecule has 0 radical (unpaired) electrons. The van der Waals surface area contributed by atoms with Gasteiger partial charge in [-0.1, -0.05) is 18.7 Å². The van der Waals surface area contributed by atoms with E-state index in [1.54, 1.807) is 20.1 Å². The molecule has 0 bridgehead atoms. The number of aryl methyl sites for hydroxylation is 1. The third-order valence-corrected chi connectivity index (χ3v) is 2.80. The fourth-order valence-corrected chi connectivity index (χ4v) is 1.74. The van der Waals surface area contributed by atoms with E-state index < -0.39 is 6.04 Å². The largest absolute Gasteiger partial charge is 0.493 e. The van der Waals surface area contributed by atoms with Crippen LogP contribution in [0.5, 0.6) is 11.5 Å². The summed E-state index contributed by atoms with van der Waals surface area (Å²) in [6.45, 7) is 5.65. The lowest BCUT2D eigenvalue weighted by atomic mass is 10.1. The van der Waals surface area contributed by atoms with Crippen LogP contribution in [0.4, 0.5) is 0 Å². The van der Waals surface area contributed by atoms with Crippen LogP contribution in [0.25, 0.3) is 0 Å². The van der Waals surface area contributed by atoms with Gasteiger partial charge in [0, 0.05) is 6.42 Å². The van der Waals surface area contributed by atoms with Crippen molar-refractivity contribution in [3.05, 3.63) is 36.4 Å². The average Bonchev–Trinajstić information content (AvgIpc) is 2.50. The molecule has 0 aliphatic carbocycles. The molecule has 112 valence electrons. The minimum atomic E-state index is -0.471. The van der Waals surface area contributed by atoms with Crippen LogP contribution < -0.4 is 14.8 Å². The fraction of sp³-hybridized carbons (Fsp3) is 0.375. The second-order valence-electron chi connectivity index (χ2n) is 4.50. The normalized spacial score (nSPS) is 11.1. The fourth-order valence-electron chi connectivity index (χ4n) is 1.74. The molecule has 1 atom stereocenters. The van der Waals surface area contributed by atoms with Gasteiger partial charge in [-0.25, -0.2) is 0 Å². The van der Waals surface area contributed by atoms with Crippen LogP contribution in [0, 0.1) is 11.3 Å². The van der Waals surface area contributed by atoms with E-state index in [-0.39, 0.29) is 5.91 Å². The highest BCUT2D eigenvalue weighted by Crippen LogP contribution is 2.28. The van der Waals surface area contributed by atoms with Crippen LogP contribution in [0.2, 0.25) is 0 Å². The summed E-state index contributed by atoms with van der Waals surface area (Å²) in [5, 5.41) is 11.2. The van der Waals surface area contributed by atoms with Crippen LogP contribution in [0.1, 0.15) is 18.9 Å². The quantitative estimate of drug-likeness (QED) is 0.745. The monoisotopic (exact) mass is 288 g/mol. The van der Waals surface area contributed by atoms with E-state index in [4.69, 9.17) is 14.7 Å². The van der Waals surface area contributed by atoms with E-state index in [0.29, 0.717) is 30.9 Å². The molecule has 0 saturated heterocycles. The highest BCUT2D eigenvalue weighted by atomic mass is 16.5. The number of ether oxygens (including phenoxy) is 2. The summed E-state index contributed by atoms with van der Waals surface area (Å²) in [4.78, 5) is 11.6. The van der Waals surface area contributed by atoms with E-state index in [0.717, 1.165) is 5.56 Å². The molecule has 1 amide bonds. The first-order valence-electron chi connectivity index (χ1n) is 6.70. The molecule has 1 unspecified atom stereocenters. The highest BCUT2D eigenvalue weighted by Gasteiger charge is 2.09. The van der Waals surface area contributed by atoms with Crippen LogP contribution in [-0.2, 0) is 11.2 Å². The van der Waals surface area contributed by atoms with Gasteiger partial charge in [-0.05, 0) is 31.0 Å². The summed E-state index contributed by atoms with van der Waals surface area (Å²) in [7, 11) is 1.57. The summed E-state index contributed by atoms with van der Waals surface area (Å²) < 4.78 is 10.7. The molecule has 21 heavy (non-hydrogen) atoms. The van der Waals surface area contributed by atoms with Gasteiger partial charge in [0.15, 0.2) is 11.5 Å². The average molecular weight is 288 g/mol. The number of nitrogens with one attached hydrogen (secondary N) is 1. The number of nitriles is 1. The molecule has 0 aromatic heterocycles. The number of carbonyl (C=O) groups excluding carboxylic acids is 1. The Hall–Kier alpha value is -2.48. The minimum absolute atomic E-state index is 0.144. The van der Waals surface area contributed by atoms with Crippen molar-refractivity contribution in [1.82, 2.24) is 5.32 Å². The molecule has 1 aromatic rings. The molecular formula is C16H20N2O3. The minimum Gasteiger partial charge on any atom is -0.493 e. The van der Waals surface area contributed by atoms with E-state index in [1.165, 1.54) is 0 Å². The number of carbonyl (C=O) groups is 1. The zero-order valence-corrected chi connectivity index (χ0v) is 12.4. The number of benzene rings is 1. The first-order chi connectivity index (χ1) is 10.1. The molecule has 0 saturated carbocycles. The smallest absolute Gasteiger partial charge is 0.221 e. The number of hydrogen-bond donors (Lipinski definition) is 1. The van der Waals surface area contributed by atoms with Gasteiger partial charge in [-0.2, -0.15) is 5.26 Å². The Bertz CT molecular complexity index is 535. The standard InChI is InChI=1S/C16H20N2O3/c1-4-9-21-14-7-5-13(10-15(14)20-3)6-8-16(19)18-12(2)11-17/h4-5,7,10,12H,1,6,8-9H2,2-3H3,(H,18,19). The molecule has 0 heterocycles. The molecule has 1 aromatic carbocycles. The summed E-state index contributed by atoms with van der Waals surface area (Å²) in [6.07, 6.45) is 2.55. The van der Waals surface area contributed by atoms with Crippen LogP contribution in [-0.4, -0.2) is 25.7 Å². The maximum absolute atomic E-state index is 11.6. The van der Waals surface area contributed by atoms with Crippen molar-refractivity contribution in [2.45, 2.75) is 25.8 Å². The van der Waals surface area contributed by atoms with Gasteiger partial charge in [0.2, 0.25) is 5.91 Å². The molecule has 0 aliphatic rings. The Morgan fingerprint density at radius 1 is 1.52 bits per heavy atom. The van der Waals surface area contributed by atoms with Crippen molar-refractivity contribution >= 4 is 5.91 Å². The van der Waals surface area contributed by atoms with Crippen molar-refractivity contribution in [2.75, 3.05) is 13.7 Å². The van der Waals surface area contributed by atoms with Gasteiger partial charge in [-0.3, -0.25) is 4.79 Å². The topological polar surface area (TPSA) is 71.3 Å². The zero-order chi connectivity index (χ0) is 15.7. The Balaban J connectivity index is 2.62. The molecule has 1 rings (SSSR count). The predicted octanol–water partition coefficient (Wildman–Crippen LogP) is 2.22. The van der Waals surface area contributed by atoms with Crippen molar-refractivity contribution in [3.8, 4) is 17.6 Å². The van der Waals surface area contributed by atoms with E-state index in [9.17, 15) is 4.79 Å². The number of rotatable bonds is 8. The lowest BCUT2D eigenvalue weighted by Gasteiger charge is -2.11. The van der Waals surface area contributed by atoms with Crippen LogP contribution >= 0.6 is 0 Å². The van der Waals surface area contributed by atoms with E-state index in [1.807, 2.05) is 24.3 Å². The summed E-state index contributed by atoms with van der Waals surface area (Å²) in [5.41, 5.74) is 0.970. The second kappa shape index (κ2) is 8.64. The molecule has 0 aliphatic heterocycles. The summed E-state index contributed by atoms with van der Waals surface area (Å²) in [5.74, 6) is 1.12. The van der Waals surface area contributed by atoms with Crippen LogP contribution in [0.15, 0.2) is 30.9 Å². The van der Waals surface area contributed by atoms with Gasteiger partial charge in [0.1, 0.15) is 12.6 Å².